The Hall–Kier alpha value is -1.00. The van der Waals surface area contributed by atoms with Gasteiger partial charge in [-0.15, -0.1) is 24.0 Å². The van der Waals surface area contributed by atoms with E-state index in [1.807, 2.05) is 23.7 Å². The topological polar surface area (TPSA) is 24.9 Å². The molecule has 0 aliphatic rings. The summed E-state index contributed by atoms with van der Waals surface area (Å²) in [4.78, 5) is 4.25. The van der Waals surface area contributed by atoms with Gasteiger partial charge in [0, 0.05) is 0 Å². The van der Waals surface area contributed by atoms with Crippen LogP contribution in [0.2, 0.25) is 0 Å². The molecule has 0 unspecified atom stereocenters. The van der Waals surface area contributed by atoms with Crippen LogP contribution < -0.4 is 5.32 Å². The molecule has 2 aromatic rings. The molecule has 2 nitrogen and oxygen atoms in total. The van der Waals surface area contributed by atoms with Crippen LogP contribution in [0.5, 0.6) is 0 Å². The Morgan fingerprint density at radius 1 is 1.54 bits per heavy atom. The van der Waals surface area contributed by atoms with E-state index in [1.165, 1.54) is 4.70 Å². The summed E-state index contributed by atoms with van der Waals surface area (Å²) in [6, 6.07) is 5.99. The van der Waals surface area contributed by atoms with E-state index in [0.717, 1.165) is 11.2 Å². The maximum absolute atomic E-state index is 4.25. The van der Waals surface area contributed by atoms with Crippen LogP contribution in [-0.2, 0) is 0 Å². The average Bonchev–Trinajstić information content (AvgIpc) is 2.51. The summed E-state index contributed by atoms with van der Waals surface area (Å²) in [5, 5.41) is 3.67. The standard InChI is InChI=1S/C9H8N2S2/c1-6(12)11-7-3-2-4-8-9(7)10-5-13-8/h2-5,11-12H,1H2. The Morgan fingerprint density at radius 3 is 3.15 bits per heavy atom. The number of para-hydroxylation sites is 1. The first-order valence-electron chi connectivity index (χ1n) is 3.74. The van der Waals surface area contributed by atoms with Crippen molar-refractivity contribution < 1.29 is 0 Å². The van der Waals surface area contributed by atoms with Crippen molar-refractivity contribution in [2.24, 2.45) is 0 Å². The van der Waals surface area contributed by atoms with Gasteiger partial charge >= 0.3 is 0 Å². The number of fused-ring (bicyclic) bond motifs is 1. The van der Waals surface area contributed by atoms with Crippen molar-refractivity contribution in [3.05, 3.63) is 35.3 Å². The van der Waals surface area contributed by atoms with Crippen LogP contribution in [0.3, 0.4) is 0 Å². The summed E-state index contributed by atoms with van der Waals surface area (Å²) in [5.41, 5.74) is 3.76. The van der Waals surface area contributed by atoms with E-state index in [2.05, 4.69) is 29.5 Å². The quantitative estimate of drug-likeness (QED) is 0.741. The molecule has 0 saturated heterocycles. The SMILES string of the molecule is C=C(S)Nc1cccc2scnc12. The Morgan fingerprint density at radius 2 is 2.38 bits per heavy atom. The summed E-state index contributed by atoms with van der Waals surface area (Å²) in [6.45, 7) is 3.67. The zero-order valence-corrected chi connectivity index (χ0v) is 8.53. The number of anilines is 1. The number of hydrogen-bond acceptors (Lipinski definition) is 4. The second-order valence-corrected chi connectivity index (χ2v) is 4.00. The molecule has 66 valence electrons. The van der Waals surface area contributed by atoms with Crippen LogP contribution in [0.4, 0.5) is 5.69 Å². The zero-order chi connectivity index (χ0) is 9.26. The zero-order valence-electron chi connectivity index (χ0n) is 6.82. The first-order chi connectivity index (χ1) is 6.27. The van der Waals surface area contributed by atoms with E-state index in [1.54, 1.807) is 11.3 Å². The predicted molar refractivity (Wildman–Crippen MR) is 61.4 cm³/mol. The van der Waals surface area contributed by atoms with E-state index in [-0.39, 0.29) is 0 Å². The molecule has 2 rings (SSSR count). The van der Waals surface area contributed by atoms with E-state index >= 15 is 0 Å². The highest BCUT2D eigenvalue weighted by atomic mass is 32.1. The van der Waals surface area contributed by atoms with Crippen molar-refractivity contribution in [2.45, 2.75) is 0 Å². The van der Waals surface area contributed by atoms with Gasteiger partial charge in [0.25, 0.3) is 0 Å². The molecule has 0 saturated carbocycles. The largest absolute Gasteiger partial charge is 0.349 e. The molecular weight excluding hydrogens is 200 g/mol. The number of aromatic nitrogens is 1. The smallest absolute Gasteiger partial charge is 0.105 e. The molecule has 0 fully saturated rings. The highest BCUT2D eigenvalue weighted by Crippen LogP contribution is 2.25. The summed E-state index contributed by atoms with van der Waals surface area (Å²) in [5.74, 6) is 0. The average molecular weight is 208 g/mol. The minimum absolute atomic E-state index is 0.625. The fourth-order valence-electron chi connectivity index (χ4n) is 1.14. The van der Waals surface area contributed by atoms with Gasteiger partial charge in [0.15, 0.2) is 0 Å². The van der Waals surface area contributed by atoms with E-state index in [4.69, 9.17) is 0 Å². The molecule has 4 heteroatoms. The third-order valence-electron chi connectivity index (χ3n) is 1.64. The number of benzene rings is 1. The number of nitrogens with one attached hydrogen (secondary N) is 1. The van der Waals surface area contributed by atoms with Crippen molar-refractivity contribution in [3.8, 4) is 0 Å². The number of thiazole rings is 1. The minimum atomic E-state index is 0.625. The lowest BCUT2D eigenvalue weighted by molar-refractivity contribution is 1.48. The normalized spacial score (nSPS) is 10.2. The molecule has 0 spiro atoms. The third-order valence-corrected chi connectivity index (χ3v) is 2.55. The summed E-state index contributed by atoms with van der Waals surface area (Å²) in [6.07, 6.45) is 0. The van der Waals surface area contributed by atoms with E-state index in [9.17, 15) is 0 Å². The van der Waals surface area contributed by atoms with Gasteiger partial charge in [-0.05, 0) is 12.1 Å². The fourth-order valence-corrected chi connectivity index (χ4v) is 1.97. The number of thiol groups is 1. The van der Waals surface area contributed by atoms with Gasteiger partial charge in [-0.25, -0.2) is 4.98 Å². The van der Waals surface area contributed by atoms with Crippen molar-refractivity contribution in [1.29, 1.82) is 0 Å². The van der Waals surface area contributed by atoms with Gasteiger partial charge in [0.2, 0.25) is 0 Å². The Labute approximate surface area is 85.7 Å². The van der Waals surface area contributed by atoms with Crippen LogP contribution >= 0.6 is 24.0 Å². The maximum atomic E-state index is 4.25. The predicted octanol–water partition coefficient (Wildman–Crippen LogP) is 3.11. The monoisotopic (exact) mass is 208 g/mol. The Balaban J connectivity index is 2.54. The number of nitrogens with zero attached hydrogens (tertiary/aromatic N) is 1. The van der Waals surface area contributed by atoms with Crippen LogP contribution in [0.25, 0.3) is 10.2 Å². The molecule has 0 amide bonds. The molecular formula is C9H8N2S2. The molecule has 0 atom stereocenters. The summed E-state index contributed by atoms with van der Waals surface area (Å²) >= 11 is 5.71. The lowest BCUT2D eigenvalue weighted by atomic mass is 10.3. The van der Waals surface area contributed by atoms with Crippen LogP contribution in [0, 0.1) is 0 Å². The van der Waals surface area contributed by atoms with Crippen molar-refractivity contribution >= 4 is 39.9 Å². The lowest BCUT2D eigenvalue weighted by Gasteiger charge is -2.03. The fraction of sp³-hybridized carbons (Fsp3) is 0. The third kappa shape index (κ3) is 1.68. The number of rotatable bonds is 2. The van der Waals surface area contributed by atoms with Crippen molar-refractivity contribution in [2.75, 3.05) is 5.32 Å². The molecule has 0 aliphatic heterocycles. The van der Waals surface area contributed by atoms with Crippen LogP contribution in [0.1, 0.15) is 0 Å². The van der Waals surface area contributed by atoms with E-state index in [0.29, 0.717) is 5.03 Å². The first kappa shape index (κ1) is 8.59. The summed E-state index contributed by atoms with van der Waals surface area (Å²) in [7, 11) is 0. The van der Waals surface area contributed by atoms with Gasteiger partial charge in [0.1, 0.15) is 5.52 Å². The first-order valence-corrected chi connectivity index (χ1v) is 5.07. The molecule has 1 aromatic heterocycles. The number of hydrogen-bond donors (Lipinski definition) is 2. The van der Waals surface area contributed by atoms with Gasteiger partial charge in [0.05, 0.1) is 20.9 Å². The molecule has 0 aliphatic carbocycles. The molecule has 13 heavy (non-hydrogen) atoms. The van der Waals surface area contributed by atoms with Crippen LogP contribution in [-0.4, -0.2) is 4.98 Å². The second kappa shape index (κ2) is 3.40. The van der Waals surface area contributed by atoms with Gasteiger partial charge in [-0.3, -0.25) is 0 Å². The minimum Gasteiger partial charge on any atom is -0.349 e. The highest BCUT2D eigenvalue weighted by molar-refractivity contribution is 7.84. The van der Waals surface area contributed by atoms with Crippen molar-refractivity contribution in [3.63, 3.8) is 0 Å². The molecule has 0 bridgehead atoms. The maximum Gasteiger partial charge on any atom is 0.105 e. The summed E-state index contributed by atoms with van der Waals surface area (Å²) < 4.78 is 1.17. The molecule has 1 heterocycles. The van der Waals surface area contributed by atoms with Gasteiger partial charge in [-0.1, -0.05) is 12.6 Å². The van der Waals surface area contributed by atoms with Crippen LogP contribution in [0.15, 0.2) is 35.3 Å². The highest BCUT2D eigenvalue weighted by Gasteiger charge is 2.01. The molecule has 0 radical (unpaired) electrons. The van der Waals surface area contributed by atoms with E-state index < -0.39 is 0 Å². The lowest BCUT2D eigenvalue weighted by Crippen LogP contribution is -1.91. The Kier molecular flexibility index (Phi) is 2.24. The molecule has 1 N–H and O–H groups in total. The Bertz CT molecular complexity index is 448. The van der Waals surface area contributed by atoms with Crippen molar-refractivity contribution in [1.82, 2.24) is 4.98 Å². The second-order valence-electron chi connectivity index (χ2n) is 2.58. The molecule has 1 aromatic carbocycles. The van der Waals surface area contributed by atoms with Gasteiger partial charge in [-0.2, -0.15) is 0 Å². The van der Waals surface area contributed by atoms with Gasteiger partial charge < -0.3 is 5.32 Å².